The highest BCUT2D eigenvalue weighted by atomic mass is 79.9. The Labute approximate surface area is 134 Å². The van der Waals surface area contributed by atoms with Gasteiger partial charge in [-0.15, -0.1) is 0 Å². The molecular formula is C18H21BrFN. The SMILES string of the molecule is CCCNC(c1cc(C)cc(F)c1)c1ccc(C)cc1Br. The lowest BCUT2D eigenvalue weighted by Crippen LogP contribution is -2.23. The van der Waals surface area contributed by atoms with E-state index in [1.54, 1.807) is 12.1 Å². The van der Waals surface area contributed by atoms with Crippen molar-refractivity contribution in [3.63, 3.8) is 0 Å². The third-order valence-electron chi connectivity index (χ3n) is 3.46. The molecule has 0 radical (unpaired) electrons. The first-order chi connectivity index (χ1) is 10.0. The van der Waals surface area contributed by atoms with Crippen LogP contribution in [0.4, 0.5) is 4.39 Å². The first-order valence-electron chi connectivity index (χ1n) is 7.27. The summed E-state index contributed by atoms with van der Waals surface area (Å²) < 4.78 is 14.8. The highest BCUT2D eigenvalue weighted by Crippen LogP contribution is 2.30. The molecule has 2 rings (SSSR count). The molecule has 0 aliphatic heterocycles. The molecule has 1 nitrogen and oxygen atoms in total. The van der Waals surface area contributed by atoms with Gasteiger partial charge in [-0.25, -0.2) is 4.39 Å². The monoisotopic (exact) mass is 349 g/mol. The van der Waals surface area contributed by atoms with Crippen molar-refractivity contribution in [3.05, 3.63) is 68.9 Å². The van der Waals surface area contributed by atoms with Crippen molar-refractivity contribution in [2.75, 3.05) is 6.54 Å². The zero-order valence-electron chi connectivity index (χ0n) is 12.7. The molecule has 0 saturated carbocycles. The summed E-state index contributed by atoms with van der Waals surface area (Å²) >= 11 is 3.64. The molecular weight excluding hydrogens is 329 g/mol. The number of aryl methyl sites for hydroxylation is 2. The maximum absolute atomic E-state index is 13.8. The van der Waals surface area contributed by atoms with Gasteiger partial charge in [0, 0.05) is 4.47 Å². The Morgan fingerprint density at radius 2 is 1.86 bits per heavy atom. The van der Waals surface area contributed by atoms with Crippen LogP contribution >= 0.6 is 15.9 Å². The summed E-state index contributed by atoms with van der Waals surface area (Å²) in [5.74, 6) is -0.184. The van der Waals surface area contributed by atoms with Crippen LogP contribution in [0, 0.1) is 19.7 Å². The Hall–Kier alpha value is -1.19. The topological polar surface area (TPSA) is 12.0 Å². The molecule has 0 spiro atoms. The van der Waals surface area contributed by atoms with Crippen molar-refractivity contribution in [2.45, 2.75) is 33.2 Å². The van der Waals surface area contributed by atoms with Gasteiger partial charge in [-0.05, 0) is 67.3 Å². The van der Waals surface area contributed by atoms with Gasteiger partial charge in [-0.2, -0.15) is 0 Å². The summed E-state index contributed by atoms with van der Waals surface area (Å²) in [6, 6.07) is 11.5. The van der Waals surface area contributed by atoms with Crippen molar-refractivity contribution >= 4 is 15.9 Å². The minimum atomic E-state index is -0.184. The standard InChI is InChI=1S/C18H21BrFN/c1-4-7-21-18(14-8-13(3)9-15(20)11-14)16-6-5-12(2)10-17(16)19/h5-6,8-11,18,21H,4,7H2,1-3H3. The fourth-order valence-electron chi connectivity index (χ4n) is 2.49. The summed E-state index contributed by atoms with van der Waals surface area (Å²) in [7, 11) is 0. The number of nitrogens with one attached hydrogen (secondary N) is 1. The molecule has 2 aromatic carbocycles. The molecule has 1 unspecified atom stereocenters. The maximum Gasteiger partial charge on any atom is 0.123 e. The minimum absolute atomic E-state index is 0.00525. The van der Waals surface area contributed by atoms with Gasteiger partial charge in [0.2, 0.25) is 0 Å². The van der Waals surface area contributed by atoms with Gasteiger partial charge >= 0.3 is 0 Å². The van der Waals surface area contributed by atoms with Crippen molar-refractivity contribution in [1.29, 1.82) is 0 Å². The Morgan fingerprint density at radius 3 is 2.48 bits per heavy atom. The molecule has 0 aromatic heterocycles. The van der Waals surface area contributed by atoms with E-state index in [2.05, 4.69) is 53.3 Å². The van der Waals surface area contributed by atoms with Crippen molar-refractivity contribution < 1.29 is 4.39 Å². The highest BCUT2D eigenvalue weighted by Gasteiger charge is 2.17. The molecule has 0 amide bonds. The van der Waals surface area contributed by atoms with Gasteiger partial charge in [0.15, 0.2) is 0 Å². The molecule has 1 atom stereocenters. The molecule has 2 aromatic rings. The fraction of sp³-hybridized carbons (Fsp3) is 0.333. The predicted octanol–water partition coefficient (Wildman–Crippen LogP) is 5.29. The van der Waals surface area contributed by atoms with Crippen LogP contribution in [0.5, 0.6) is 0 Å². The molecule has 0 aliphatic carbocycles. The molecule has 0 fully saturated rings. The number of hydrogen-bond acceptors (Lipinski definition) is 1. The van der Waals surface area contributed by atoms with Gasteiger partial charge in [0.05, 0.1) is 6.04 Å². The summed E-state index contributed by atoms with van der Waals surface area (Å²) in [6.07, 6.45) is 1.04. The number of hydrogen-bond donors (Lipinski definition) is 1. The molecule has 3 heteroatoms. The highest BCUT2D eigenvalue weighted by molar-refractivity contribution is 9.10. The normalized spacial score (nSPS) is 12.4. The van der Waals surface area contributed by atoms with E-state index < -0.39 is 0 Å². The van der Waals surface area contributed by atoms with Crippen LogP contribution in [0.1, 0.15) is 41.6 Å². The van der Waals surface area contributed by atoms with E-state index in [9.17, 15) is 4.39 Å². The predicted molar refractivity (Wildman–Crippen MR) is 90.2 cm³/mol. The molecule has 0 heterocycles. The minimum Gasteiger partial charge on any atom is -0.306 e. The summed E-state index contributed by atoms with van der Waals surface area (Å²) in [4.78, 5) is 0. The second-order valence-electron chi connectivity index (χ2n) is 5.47. The third kappa shape index (κ3) is 4.14. The second-order valence-corrected chi connectivity index (χ2v) is 6.33. The smallest absolute Gasteiger partial charge is 0.123 e. The molecule has 112 valence electrons. The average Bonchev–Trinajstić information content (AvgIpc) is 2.40. The van der Waals surface area contributed by atoms with E-state index in [4.69, 9.17) is 0 Å². The summed E-state index contributed by atoms with van der Waals surface area (Å²) in [5.41, 5.74) is 4.25. The fourth-order valence-corrected chi connectivity index (χ4v) is 3.22. The first kappa shape index (κ1) is 16.2. The average molecular weight is 350 g/mol. The number of benzene rings is 2. The first-order valence-corrected chi connectivity index (χ1v) is 8.07. The zero-order valence-corrected chi connectivity index (χ0v) is 14.3. The second kappa shape index (κ2) is 7.19. The van der Waals surface area contributed by atoms with Gasteiger partial charge in [0.1, 0.15) is 5.82 Å². The van der Waals surface area contributed by atoms with Crippen LogP contribution < -0.4 is 5.32 Å². The molecule has 21 heavy (non-hydrogen) atoms. The van der Waals surface area contributed by atoms with E-state index in [-0.39, 0.29) is 11.9 Å². The molecule has 0 aliphatic rings. The summed E-state index contributed by atoms with van der Waals surface area (Å²) in [5, 5.41) is 3.52. The van der Waals surface area contributed by atoms with Gasteiger partial charge < -0.3 is 5.32 Å². The third-order valence-corrected chi connectivity index (χ3v) is 4.15. The molecule has 0 saturated heterocycles. The Balaban J connectivity index is 2.46. The van der Waals surface area contributed by atoms with Crippen LogP contribution in [0.2, 0.25) is 0 Å². The van der Waals surface area contributed by atoms with E-state index in [0.717, 1.165) is 34.1 Å². The number of rotatable bonds is 5. The summed E-state index contributed by atoms with van der Waals surface area (Å²) in [6.45, 7) is 7.01. The van der Waals surface area contributed by atoms with Crippen LogP contribution in [-0.4, -0.2) is 6.54 Å². The van der Waals surface area contributed by atoms with E-state index in [1.165, 1.54) is 5.56 Å². The molecule has 0 bridgehead atoms. The lowest BCUT2D eigenvalue weighted by molar-refractivity contribution is 0.583. The molecule has 1 N–H and O–H groups in total. The van der Waals surface area contributed by atoms with Crippen molar-refractivity contribution in [1.82, 2.24) is 5.32 Å². The van der Waals surface area contributed by atoms with E-state index >= 15 is 0 Å². The van der Waals surface area contributed by atoms with Crippen LogP contribution in [0.25, 0.3) is 0 Å². The van der Waals surface area contributed by atoms with Gasteiger partial charge in [0.25, 0.3) is 0 Å². The Bertz CT molecular complexity index is 604. The van der Waals surface area contributed by atoms with Crippen LogP contribution in [0.3, 0.4) is 0 Å². The lowest BCUT2D eigenvalue weighted by atomic mass is 9.96. The maximum atomic E-state index is 13.8. The zero-order chi connectivity index (χ0) is 15.4. The van der Waals surface area contributed by atoms with Gasteiger partial charge in [-0.1, -0.05) is 41.1 Å². The lowest BCUT2D eigenvalue weighted by Gasteiger charge is -2.22. The van der Waals surface area contributed by atoms with Crippen molar-refractivity contribution in [3.8, 4) is 0 Å². The largest absolute Gasteiger partial charge is 0.306 e. The van der Waals surface area contributed by atoms with E-state index in [0.29, 0.717) is 0 Å². The van der Waals surface area contributed by atoms with Crippen LogP contribution in [0.15, 0.2) is 40.9 Å². The van der Waals surface area contributed by atoms with Gasteiger partial charge in [-0.3, -0.25) is 0 Å². The Kier molecular flexibility index (Phi) is 5.54. The van der Waals surface area contributed by atoms with Crippen LogP contribution in [-0.2, 0) is 0 Å². The number of halogens is 2. The van der Waals surface area contributed by atoms with E-state index in [1.807, 2.05) is 13.0 Å². The quantitative estimate of drug-likeness (QED) is 0.772. The van der Waals surface area contributed by atoms with Crippen molar-refractivity contribution in [2.24, 2.45) is 0 Å². The Morgan fingerprint density at radius 1 is 1.10 bits per heavy atom.